The van der Waals surface area contributed by atoms with E-state index in [9.17, 15) is 10.1 Å². The highest BCUT2D eigenvalue weighted by atomic mass is 32.2. The minimum absolute atomic E-state index is 0.135. The molecule has 3 rings (SSSR count). The van der Waals surface area contributed by atoms with Crippen molar-refractivity contribution in [3.63, 3.8) is 0 Å². The third-order valence-corrected chi connectivity index (χ3v) is 7.22. The van der Waals surface area contributed by atoms with Gasteiger partial charge in [-0.15, -0.1) is 23.1 Å². The predicted molar refractivity (Wildman–Crippen MR) is 117 cm³/mol. The minimum atomic E-state index is -1.05. The first-order chi connectivity index (χ1) is 13.7. The Balaban J connectivity index is 1.92. The molecule has 6 heteroatoms. The molecule has 1 unspecified atom stereocenters. The van der Waals surface area contributed by atoms with Gasteiger partial charge in [0.15, 0.2) is 0 Å². The van der Waals surface area contributed by atoms with Crippen LogP contribution in [-0.2, 0) is 10.2 Å². The second kappa shape index (κ2) is 9.42. The molecule has 2 aromatic rings. The van der Waals surface area contributed by atoms with E-state index in [0.717, 1.165) is 42.2 Å². The van der Waals surface area contributed by atoms with Gasteiger partial charge in [-0.05, 0) is 43.1 Å². The smallest absolute Gasteiger partial charge is 0.246 e. The predicted octanol–water partition coefficient (Wildman–Crippen LogP) is 4.36. The van der Waals surface area contributed by atoms with Crippen LogP contribution in [0.3, 0.4) is 0 Å². The molecule has 1 atom stereocenters. The van der Waals surface area contributed by atoms with Crippen LogP contribution in [0.4, 0.5) is 0 Å². The Kier molecular flexibility index (Phi) is 6.95. The molecule has 1 aliphatic heterocycles. The van der Waals surface area contributed by atoms with Gasteiger partial charge in [0.05, 0.1) is 16.7 Å². The van der Waals surface area contributed by atoms with Gasteiger partial charge in [-0.1, -0.05) is 50.2 Å². The van der Waals surface area contributed by atoms with Gasteiger partial charge in [0, 0.05) is 10.6 Å². The molecule has 0 saturated heterocycles. The van der Waals surface area contributed by atoms with Gasteiger partial charge in [0.1, 0.15) is 5.41 Å². The van der Waals surface area contributed by atoms with E-state index in [4.69, 9.17) is 0 Å². The van der Waals surface area contributed by atoms with Crippen LogP contribution in [0.5, 0.6) is 0 Å². The number of hydrogen-bond donors (Lipinski definition) is 1. The van der Waals surface area contributed by atoms with Crippen LogP contribution >= 0.6 is 23.1 Å². The molecule has 0 spiro atoms. The number of nitrogens with one attached hydrogen (secondary N) is 1. The molecule has 0 fully saturated rings. The summed E-state index contributed by atoms with van der Waals surface area (Å²) in [6.07, 6.45) is 1.02. The first-order valence-electron chi connectivity index (χ1n) is 9.59. The largest absolute Gasteiger partial charge is 0.318 e. The van der Waals surface area contributed by atoms with Crippen molar-refractivity contribution in [1.29, 1.82) is 5.26 Å². The Hall–Kier alpha value is -2.07. The van der Waals surface area contributed by atoms with E-state index in [-0.39, 0.29) is 5.91 Å². The van der Waals surface area contributed by atoms with E-state index in [1.165, 1.54) is 11.3 Å². The second-order valence-corrected chi connectivity index (χ2v) is 8.65. The van der Waals surface area contributed by atoms with Gasteiger partial charge < -0.3 is 10.2 Å². The Morgan fingerprint density at radius 1 is 1.18 bits per heavy atom. The van der Waals surface area contributed by atoms with Gasteiger partial charge in [-0.2, -0.15) is 5.26 Å². The van der Waals surface area contributed by atoms with Crippen LogP contribution in [0.25, 0.3) is 0 Å². The van der Waals surface area contributed by atoms with E-state index in [0.29, 0.717) is 10.6 Å². The fourth-order valence-electron chi connectivity index (χ4n) is 3.62. The minimum Gasteiger partial charge on any atom is -0.318 e. The Bertz CT molecular complexity index is 867. The summed E-state index contributed by atoms with van der Waals surface area (Å²) in [5.41, 5.74) is 0.301. The molecule has 4 nitrogen and oxygen atoms in total. The maximum Gasteiger partial charge on any atom is 0.246 e. The monoisotopic (exact) mass is 411 g/mol. The standard InChI is InChI=1S/C22H25N3OS2/c1-3-25(4-2)13-9-15-28-20-18(16-23)22(21(26)24-20,19-12-8-14-27-19)17-10-6-5-7-11-17/h5-8,10-12,14H,3-4,9,13,15H2,1-2H3,(H,24,26). The molecule has 1 N–H and O–H groups in total. The molecule has 28 heavy (non-hydrogen) atoms. The molecule has 1 aliphatic rings. The topological polar surface area (TPSA) is 56.1 Å². The SMILES string of the molecule is CCN(CC)CCCSC1=C(C#N)C(c2ccccc2)(c2cccs2)C(=O)N1. The number of thiophene rings is 1. The van der Waals surface area contributed by atoms with Crippen LogP contribution in [0.1, 0.15) is 30.7 Å². The number of nitrogens with zero attached hydrogens (tertiary/aromatic N) is 2. The first kappa shape index (κ1) is 20.7. The number of hydrogen-bond acceptors (Lipinski definition) is 5. The molecule has 1 aromatic carbocycles. The Morgan fingerprint density at radius 2 is 1.93 bits per heavy atom. The fourth-order valence-corrected chi connectivity index (χ4v) is 5.56. The molecule has 146 valence electrons. The average Bonchev–Trinajstić information content (AvgIpc) is 3.35. The number of amides is 1. The van der Waals surface area contributed by atoms with Crippen molar-refractivity contribution in [2.24, 2.45) is 0 Å². The normalized spacial score (nSPS) is 19.1. The lowest BCUT2D eigenvalue weighted by atomic mass is 9.74. The molecule has 2 heterocycles. The molecular weight excluding hydrogens is 386 g/mol. The van der Waals surface area contributed by atoms with E-state index < -0.39 is 5.41 Å². The van der Waals surface area contributed by atoms with Crippen LogP contribution in [0.15, 0.2) is 58.4 Å². The summed E-state index contributed by atoms with van der Waals surface area (Å²) in [5.74, 6) is 0.732. The third kappa shape index (κ3) is 3.75. The van der Waals surface area contributed by atoms with Crippen molar-refractivity contribution in [3.05, 3.63) is 68.9 Å². The van der Waals surface area contributed by atoms with Crippen molar-refractivity contribution >= 4 is 29.0 Å². The van der Waals surface area contributed by atoms with Crippen LogP contribution in [0.2, 0.25) is 0 Å². The van der Waals surface area contributed by atoms with Gasteiger partial charge in [-0.3, -0.25) is 4.79 Å². The average molecular weight is 412 g/mol. The zero-order valence-electron chi connectivity index (χ0n) is 16.3. The van der Waals surface area contributed by atoms with Crippen molar-refractivity contribution in [1.82, 2.24) is 10.2 Å². The highest BCUT2D eigenvalue weighted by Gasteiger charge is 2.52. The lowest BCUT2D eigenvalue weighted by Crippen LogP contribution is -2.38. The maximum atomic E-state index is 13.3. The fraction of sp³-hybridized carbons (Fsp3) is 0.364. The highest BCUT2D eigenvalue weighted by Crippen LogP contribution is 2.47. The van der Waals surface area contributed by atoms with Crippen LogP contribution in [-0.4, -0.2) is 36.2 Å². The third-order valence-electron chi connectivity index (χ3n) is 5.14. The number of nitriles is 1. The van der Waals surface area contributed by atoms with E-state index in [1.54, 1.807) is 11.8 Å². The Labute approximate surface area is 175 Å². The summed E-state index contributed by atoms with van der Waals surface area (Å²) in [6, 6.07) is 15.9. The summed E-state index contributed by atoms with van der Waals surface area (Å²) < 4.78 is 0. The van der Waals surface area contributed by atoms with Gasteiger partial charge >= 0.3 is 0 Å². The van der Waals surface area contributed by atoms with Crippen molar-refractivity contribution < 1.29 is 4.79 Å². The molecule has 0 aliphatic carbocycles. The first-order valence-corrected chi connectivity index (χ1v) is 11.5. The number of carbonyl (C=O) groups excluding carboxylic acids is 1. The summed E-state index contributed by atoms with van der Waals surface area (Å²) >= 11 is 3.10. The summed E-state index contributed by atoms with van der Waals surface area (Å²) in [7, 11) is 0. The lowest BCUT2D eigenvalue weighted by Gasteiger charge is -2.26. The zero-order chi connectivity index (χ0) is 20.0. The van der Waals surface area contributed by atoms with Crippen molar-refractivity contribution in [2.45, 2.75) is 25.7 Å². The maximum absolute atomic E-state index is 13.3. The zero-order valence-corrected chi connectivity index (χ0v) is 17.9. The summed E-state index contributed by atoms with van der Waals surface area (Å²) in [5, 5.41) is 15.7. The van der Waals surface area contributed by atoms with Gasteiger partial charge in [0.25, 0.3) is 0 Å². The number of rotatable bonds is 9. The molecule has 0 bridgehead atoms. The van der Waals surface area contributed by atoms with Crippen LogP contribution in [0, 0.1) is 11.3 Å². The van der Waals surface area contributed by atoms with E-state index in [1.807, 2.05) is 47.8 Å². The number of thioether (sulfide) groups is 1. The van der Waals surface area contributed by atoms with Gasteiger partial charge in [0.2, 0.25) is 5.91 Å². The molecule has 0 saturated carbocycles. The highest BCUT2D eigenvalue weighted by molar-refractivity contribution is 8.03. The van der Waals surface area contributed by atoms with Gasteiger partial charge in [-0.25, -0.2) is 0 Å². The molecular formula is C22H25N3OS2. The molecule has 1 aromatic heterocycles. The number of carbonyl (C=O) groups is 1. The van der Waals surface area contributed by atoms with E-state index in [2.05, 4.69) is 30.1 Å². The van der Waals surface area contributed by atoms with Crippen molar-refractivity contribution in [3.8, 4) is 6.07 Å². The quantitative estimate of drug-likeness (QED) is 0.623. The summed E-state index contributed by atoms with van der Waals surface area (Å²) in [4.78, 5) is 16.6. The molecule has 1 amide bonds. The molecule has 0 radical (unpaired) electrons. The van der Waals surface area contributed by atoms with E-state index >= 15 is 0 Å². The second-order valence-electron chi connectivity index (χ2n) is 6.59. The lowest BCUT2D eigenvalue weighted by molar-refractivity contribution is -0.122. The number of benzene rings is 1. The van der Waals surface area contributed by atoms with Crippen molar-refractivity contribution in [2.75, 3.05) is 25.4 Å². The Morgan fingerprint density at radius 3 is 2.54 bits per heavy atom. The van der Waals surface area contributed by atoms with Crippen LogP contribution < -0.4 is 5.32 Å². The summed E-state index contributed by atoms with van der Waals surface area (Å²) in [6.45, 7) is 7.44.